The topological polar surface area (TPSA) is 139 Å². The number of esters is 1. The van der Waals surface area contributed by atoms with Crippen molar-refractivity contribution in [1.29, 1.82) is 0 Å². The second-order valence-corrected chi connectivity index (χ2v) is 10.5. The van der Waals surface area contributed by atoms with Crippen molar-refractivity contribution in [2.24, 2.45) is 5.92 Å². The largest absolute Gasteiger partial charge is 0.458 e. The molecule has 0 aliphatic carbocycles. The first kappa shape index (κ1) is 28.6. The maximum atomic E-state index is 12.8. The van der Waals surface area contributed by atoms with Crippen molar-refractivity contribution < 1.29 is 23.5 Å². The van der Waals surface area contributed by atoms with Gasteiger partial charge in [0, 0.05) is 17.2 Å². The molecule has 0 aliphatic rings. The third kappa shape index (κ3) is 7.30. The lowest BCUT2D eigenvalue weighted by Gasteiger charge is -2.26. The standard InChI is InChI=1S/C28H37N5O5/c1-8-19(9-2)30-24(34)21-14-20(32-33-21)17-11-10-12-18(13-17)26-29-15-22(37-26)25(35)31-23(16(3)4)27(36)38-28(5,6)7/h10-16,19,23H,8-9H2,1-7H3,(H,30,34)(H,31,35)(H,32,33). The van der Waals surface area contributed by atoms with Gasteiger partial charge in [0.25, 0.3) is 11.8 Å². The lowest BCUT2D eigenvalue weighted by molar-refractivity contribution is -0.158. The Morgan fingerprint density at radius 2 is 1.71 bits per heavy atom. The van der Waals surface area contributed by atoms with Gasteiger partial charge in [0.1, 0.15) is 11.6 Å². The molecule has 0 bridgehead atoms. The first-order chi connectivity index (χ1) is 17.9. The summed E-state index contributed by atoms with van der Waals surface area (Å²) in [4.78, 5) is 42.2. The lowest BCUT2D eigenvalue weighted by Crippen LogP contribution is -2.47. The number of hydrogen-bond acceptors (Lipinski definition) is 7. The number of carbonyl (C=O) groups excluding carboxylic acids is 3. The van der Waals surface area contributed by atoms with Crippen molar-refractivity contribution in [3.05, 3.63) is 48.0 Å². The fourth-order valence-corrected chi connectivity index (χ4v) is 3.75. The fraction of sp³-hybridized carbons (Fsp3) is 0.464. The summed E-state index contributed by atoms with van der Waals surface area (Å²) in [6, 6.07) is 8.25. The van der Waals surface area contributed by atoms with E-state index in [1.54, 1.807) is 32.9 Å². The van der Waals surface area contributed by atoms with Crippen LogP contribution in [-0.4, -0.2) is 50.6 Å². The number of nitrogens with zero attached hydrogens (tertiary/aromatic N) is 2. The van der Waals surface area contributed by atoms with E-state index in [4.69, 9.17) is 9.15 Å². The van der Waals surface area contributed by atoms with Gasteiger partial charge in [-0.1, -0.05) is 39.8 Å². The van der Waals surface area contributed by atoms with Crippen molar-refractivity contribution in [1.82, 2.24) is 25.8 Å². The summed E-state index contributed by atoms with van der Waals surface area (Å²) in [5.74, 6) is -1.29. The minimum absolute atomic E-state index is 0.0264. The molecule has 0 fully saturated rings. The Bertz CT molecular complexity index is 1270. The molecule has 1 aromatic carbocycles. The van der Waals surface area contributed by atoms with Crippen molar-refractivity contribution >= 4 is 17.8 Å². The Balaban J connectivity index is 1.74. The van der Waals surface area contributed by atoms with Crippen molar-refractivity contribution in [3.63, 3.8) is 0 Å². The van der Waals surface area contributed by atoms with Crippen LogP contribution in [0.5, 0.6) is 0 Å². The van der Waals surface area contributed by atoms with Gasteiger partial charge in [-0.05, 0) is 57.7 Å². The second kappa shape index (κ2) is 12.1. The van der Waals surface area contributed by atoms with Crippen LogP contribution in [0.25, 0.3) is 22.7 Å². The highest BCUT2D eigenvalue weighted by Crippen LogP contribution is 2.26. The van der Waals surface area contributed by atoms with Gasteiger partial charge in [-0.2, -0.15) is 5.10 Å². The summed E-state index contributed by atoms with van der Waals surface area (Å²) in [5.41, 5.74) is 1.68. The highest BCUT2D eigenvalue weighted by molar-refractivity contribution is 5.95. The normalized spacial score (nSPS) is 12.4. The Hall–Kier alpha value is -3.95. The van der Waals surface area contributed by atoms with Crippen LogP contribution < -0.4 is 10.6 Å². The predicted octanol–water partition coefficient (Wildman–Crippen LogP) is 4.75. The monoisotopic (exact) mass is 523 g/mol. The van der Waals surface area contributed by atoms with Gasteiger partial charge in [0.05, 0.1) is 11.9 Å². The number of rotatable bonds is 10. The van der Waals surface area contributed by atoms with Gasteiger partial charge in [-0.25, -0.2) is 9.78 Å². The van der Waals surface area contributed by atoms with E-state index in [0.717, 1.165) is 18.4 Å². The molecule has 10 nitrogen and oxygen atoms in total. The van der Waals surface area contributed by atoms with Crippen molar-refractivity contribution in [2.45, 2.75) is 79.0 Å². The Morgan fingerprint density at radius 3 is 2.34 bits per heavy atom. The summed E-state index contributed by atoms with van der Waals surface area (Å²) in [6.07, 6.45) is 3.01. The van der Waals surface area contributed by atoms with Gasteiger partial charge in [-0.15, -0.1) is 0 Å². The van der Waals surface area contributed by atoms with Crippen LogP contribution in [0.1, 0.15) is 82.4 Å². The molecule has 3 N–H and O–H groups in total. The van der Waals surface area contributed by atoms with E-state index in [9.17, 15) is 14.4 Å². The van der Waals surface area contributed by atoms with Crippen LogP contribution in [0.15, 0.2) is 40.9 Å². The fourth-order valence-electron chi connectivity index (χ4n) is 3.75. The molecule has 2 amide bonds. The molecule has 2 heterocycles. The molecule has 3 rings (SSSR count). The molecule has 204 valence electrons. The first-order valence-electron chi connectivity index (χ1n) is 12.9. The number of benzene rings is 1. The maximum Gasteiger partial charge on any atom is 0.329 e. The average Bonchev–Trinajstić information content (AvgIpc) is 3.55. The molecule has 0 saturated heterocycles. The zero-order chi connectivity index (χ0) is 28.0. The SMILES string of the molecule is CCC(CC)NC(=O)c1cc(-c2cccc(-c3ncc(C(=O)NC(C(=O)OC(C)(C)C)C(C)C)o3)c2)[nH]n1. The second-order valence-electron chi connectivity index (χ2n) is 10.5. The molecule has 10 heteroatoms. The number of ether oxygens (including phenoxy) is 1. The van der Waals surface area contributed by atoms with E-state index in [0.29, 0.717) is 17.0 Å². The Labute approximate surface area is 222 Å². The zero-order valence-electron chi connectivity index (χ0n) is 23.0. The number of aromatic amines is 1. The van der Waals surface area contributed by atoms with Crippen LogP contribution >= 0.6 is 0 Å². The first-order valence-corrected chi connectivity index (χ1v) is 12.9. The number of aromatic nitrogens is 3. The van der Waals surface area contributed by atoms with Gasteiger partial charge in [0.2, 0.25) is 11.7 Å². The quantitative estimate of drug-likeness (QED) is 0.326. The molecular formula is C28H37N5O5. The molecule has 2 aromatic heterocycles. The smallest absolute Gasteiger partial charge is 0.329 e. The molecular weight excluding hydrogens is 486 g/mol. The summed E-state index contributed by atoms with van der Waals surface area (Å²) in [7, 11) is 0. The number of nitrogens with one attached hydrogen (secondary N) is 3. The van der Waals surface area contributed by atoms with E-state index < -0.39 is 23.5 Å². The number of amides is 2. The third-order valence-corrected chi connectivity index (χ3v) is 5.90. The van der Waals surface area contributed by atoms with Crippen LogP contribution in [-0.2, 0) is 9.53 Å². The summed E-state index contributed by atoms with van der Waals surface area (Å²) in [6.45, 7) is 13.0. The molecule has 0 radical (unpaired) electrons. The van der Waals surface area contributed by atoms with Gasteiger partial charge < -0.3 is 19.8 Å². The van der Waals surface area contributed by atoms with E-state index in [-0.39, 0.29) is 29.5 Å². The Morgan fingerprint density at radius 1 is 1.03 bits per heavy atom. The van der Waals surface area contributed by atoms with Crippen LogP contribution in [0, 0.1) is 5.92 Å². The van der Waals surface area contributed by atoms with E-state index in [1.165, 1.54) is 6.20 Å². The highest BCUT2D eigenvalue weighted by Gasteiger charge is 2.30. The number of H-pyrrole nitrogens is 1. The minimum atomic E-state index is -0.838. The molecule has 0 aliphatic heterocycles. The molecule has 0 spiro atoms. The van der Waals surface area contributed by atoms with Crippen LogP contribution in [0.4, 0.5) is 0 Å². The third-order valence-electron chi connectivity index (χ3n) is 5.90. The average molecular weight is 524 g/mol. The Kier molecular flexibility index (Phi) is 9.08. The van der Waals surface area contributed by atoms with Gasteiger partial charge in [-0.3, -0.25) is 14.7 Å². The predicted molar refractivity (Wildman–Crippen MR) is 143 cm³/mol. The van der Waals surface area contributed by atoms with Crippen molar-refractivity contribution in [2.75, 3.05) is 0 Å². The maximum absolute atomic E-state index is 12.8. The zero-order valence-corrected chi connectivity index (χ0v) is 23.0. The lowest BCUT2D eigenvalue weighted by atomic mass is 10.0. The minimum Gasteiger partial charge on any atom is -0.458 e. The van der Waals surface area contributed by atoms with Crippen LogP contribution in [0.2, 0.25) is 0 Å². The van der Waals surface area contributed by atoms with Crippen LogP contribution in [0.3, 0.4) is 0 Å². The molecule has 1 unspecified atom stereocenters. The van der Waals surface area contributed by atoms with Gasteiger partial charge >= 0.3 is 5.97 Å². The highest BCUT2D eigenvalue weighted by atomic mass is 16.6. The van der Waals surface area contributed by atoms with E-state index in [2.05, 4.69) is 25.8 Å². The number of hydrogen-bond donors (Lipinski definition) is 3. The molecule has 0 saturated carbocycles. The van der Waals surface area contributed by atoms with E-state index in [1.807, 2.05) is 45.9 Å². The molecule has 3 aromatic rings. The van der Waals surface area contributed by atoms with Gasteiger partial charge in [0.15, 0.2) is 5.69 Å². The summed E-state index contributed by atoms with van der Waals surface area (Å²) < 4.78 is 11.2. The van der Waals surface area contributed by atoms with E-state index >= 15 is 0 Å². The summed E-state index contributed by atoms with van der Waals surface area (Å²) >= 11 is 0. The number of oxazole rings is 1. The molecule has 1 atom stereocenters. The summed E-state index contributed by atoms with van der Waals surface area (Å²) in [5, 5.41) is 12.7. The molecule has 38 heavy (non-hydrogen) atoms. The van der Waals surface area contributed by atoms with Crippen molar-refractivity contribution in [3.8, 4) is 22.7 Å². The number of carbonyl (C=O) groups is 3.